The summed E-state index contributed by atoms with van der Waals surface area (Å²) in [5, 5.41) is 16.3. The molecule has 2 aliphatic carbocycles. The van der Waals surface area contributed by atoms with Crippen LogP contribution in [-0.4, -0.2) is 71.3 Å². The molecule has 3 saturated heterocycles. The minimum atomic E-state index is -5.25. The van der Waals surface area contributed by atoms with Crippen LogP contribution in [0.25, 0.3) is 0 Å². The molecule has 2 saturated carbocycles. The summed E-state index contributed by atoms with van der Waals surface area (Å²) in [7, 11) is 0. The summed E-state index contributed by atoms with van der Waals surface area (Å²) in [5.41, 5.74) is 0. The van der Waals surface area contributed by atoms with Gasteiger partial charge in [0, 0.05) is 24.9 Å². The zero-order chi connectivity index (χ0) is 27.8. The summed E-state index contributed by atoms with van der Waals surface area (Å²) in [6, 6.07) is -3.83. The van der Waals surface area contributed by atoms with Crippen LogP contribution in [0.5, 0.6) is 0 Å². The highest BCUT2D eigenvalue weighted by molar-refractivity contribution is 5.94. The maximum Gasteiger partial charge on any atom is 0.471 e. The molecule has 4 amide bonds. The third kappa shape index (κ3) is 5.71. The van der Waals surface area contributed by atoms with Gasteiger partial charge in [-0.3, -0.25) is 19.2 Å². The molecule has 3 aliphatic heterocycles. The van der Waals surface area contributed by atoms with E-state index in [0.717, 1.165) is 11.3 Å². The summed E-state index contributed by atoms with van der Waals surface area (Å²) in [4.78, 5) is 51.5. The lowest BCUT2D eigenvalue weighted by Crippen LogP contribution is -2.71. The van der Waals surface area contributed by atoms with Crippen molar-refractivity contribution >= 4 is 23.6 Å². The number of alkyl halides is 5. The number of amides is 4. The molecule has 5 fully saturated rings. The van der Waals surface area contributed by atoms with Crippen molar-refractivity contribution in [2.75, 3.05) is 6.54 Å². The number of nitrogens with one attached hydrogen (secondary N) is 3. The number of nitrogens with zero attached hydrogens (tertiary/aromatic N) is 2. The van der Waals surface area contributed by atoms with Gasteiger partial charge in [-0.15, -0.1) is 0 Å². The molecule has 38 heavy (non-hydrogen) atoms. The Hall–Kier alpha value is -2.98. The maximum atomic E-state index is 14.9. The average Bonchev–Trinajstić information content (AvgIpc) is 3.21. The van der Waals surface area contributed by atoms with Gasteiger partial charge in [0.15, 0.2) is 0 Å². The minimum absolute atomic E-state index is 0.0504. The van der Waals surface area contributed by atoms with E-state index in [2.05, 4.69) is 10.6 Å². The van der Waals surface area contributed by atoms with Gasteiger partial charge in [-0.25, -0.2) is 8.78 Å². The summed E-state index contributed by atoms with van der Waals surface area (Å²) in [6.07, 6.45) is -3.56. The Bertz CT molecular complexity index is 1010. The molecule has 5 aliphatic rings. The first-order valence-corrected chi connectivity index (χ1v) is 12.9. The van der Waals surface area contributed by atoms with Gasteiger partial charge in [0.05, 0.1) is 12.0 Å². The molecular formula is C24H30F5N5O4. The number of carbonyl (C=O) groups is 4. The first kappa shape index (κ1) is 28.0. The summed E-state index contributed by atoms with van der Waals surface area (Å²) in [6.45, 7) is 0.405. The molecule has 210 valence electrons. The molecule has 2 bridgehead atoms. The Kier molecular flexibility index (Phi) is 7.86. The third-order valence-corrected chi connectivity index (χ3v) is 8.27. The van der Waals surface area contributed by atoms with Crippen LogP contribution in [0.3, 0.4) is 0 Å². The van der Waals surface area contributed by atoms with E-state index in [9.17, 15) is 46.4 Å². The van der Waals surface area contributed by atoms with Crippen molar-refractivity contribution in [2.24, 2.45) is 17.8 Å². The van der Waals surface area contributed by atoms with Crippen LogP contribution in [0.1, 0.15) is 57.8 Å². The highest BCUT2D eigenvalue weighted by atomic mass is 19.4. The van der Waals surface area contributed by atoms with Gasteiger partial charge >= 0.3 is 12.1 Å². The van der Waals surface area contributed by atoms with Crippen LogP contribution in [0.4, 0.5) is 22.0 Å². The van der Waals surface area contributed by atoms with Crippen molar-refractivity contribution < 1.29 is 41.1 Å². The Morgan fingerprint density at radius 2 is 1.82 bits per heavy atom. The second kappa shape index (κ2) is 10.6. The summed E-state index contributed by atoms with van der Waals surface area (Å²) < 4.78 is 68.9. The van der Waals surface area contributed by atoms with Gasteiger partial charge in [-0.2, -0.15) is 18.4 Å². The third-order valence-electron chi connectivity index (χ3n) is 8.27. The van der Waals surface area contributed by atoms with Crippen LogP contribution in [0.2, 0.25) is 0 Å². The van der Waals surface area contributed by atoms with E-state index >= 15 is 0 Å². The molecule has 0 radical (unpaired) electrons. The van der Waals surface area contributed by atoms with Crippen molar-refractivity contribution in [3.63, 3.8) is 0 Å². The number of rotatable bonds is 8. The lowest BCUT2D eigenvalue weighted by atomic mass is 9.71. The van der Waals surface area contributed by atoms with E-state index in [1.807, 2.05) is 6.07 Å². The fraction of sp³-hybridized carbons (Fsp3) is 0.792. The monoisotopic (exact) mass is 547 g/mol. The van der Waals surface area contributed by atoms with Gasteiger partial charge in [0.1, 0.15) is 18.1 Å². The van der Waals surface area contributed by atoms with Crippen molar-refractivity contribution in [3.05, 3.63) is 0 Å². The highest BCUT2D eigenvalue weighted by Crippen LogP contribution is 2.49. The molecule has 14 heteroatoms. The van der Waals surface area contributed by atoms with E-state index in [4.69, 9.17) is 0 Å². The maximum absolute atomic E-state index is 14.9. The van der Waals surface area contributed by atoms with Gasteiger partial charge in [-0.1, -0.05) is 19.3 Å². The Balaban J connectivity index is 1.58. The molecule has 0 aromatic carbocycles. The summed E-state index contributed by atoms with van der Waals surface area (Å²) >= 11 is 0. The van der Waals surface area contributed by atoms with Crippen LogP contribution in [0, 0.1) is 29.1 Å². The Morgan fingerprint density at radius 3 is 2.34 bits per heavy atom. The van der Waals surface area contributed by atoms with Crippen molar-refractivity contribution in [2.45, 2.75) is 94.1 Å². The average molecular weight is 548 g/mol. The van der Waals surface area contributed by atoms with E-state index in [-0.39, 0.29) is 37.5 Å². The molecule has 5 rings (SSSR count). The second-order valence-electron chi connectivity index (χ2n) is 10.8. The fourth-order valence-corrected chi connectivity index (χ4v) is 6.08. The van der Waals surface area contributed by atoms with Gasteiger partial charge in [0.25, 0.3) is 5.92 Å². The molecule has 0 aromatic heterocycles. The standard InChI is InChI=1S/C24H30F5N5O4/c25-23(26)10-15-4-5-16(23)18(20(36)32-14(11-30)9-13-6-7-31-19(13)35)34(15)21(37)17(8-12-2-1-3-12)33-22(38)24(27,28)29/h12-18H,1-10H2,(H,31,35)(H,32,36)(H,33,38)/t13-,14-,15-,16-,17-,18-/m1/s1. The number of piperidine rings is 2. The molecule has 0 spiro atoms. The van der Waals surface area contributed by atoms with E-state index in [1.165, 1.54) is 0 Å². The quantitative estimate of drug-likeness (QED) is 0.399. The number of hydrogen-bond donors (Lipinski definition) is 3. The largest absolute Gasteiger partial charge is 0.471 e. The van der Waals surface area contributed by atoms with Gasteiger partial charge in [-0.05, 0) is 38.0 Å². The number of hydrogen-bond acceptors (Lipinski definition) is 5. The van der Waals surface area contributed by atoms with Crippen molar-refractivity contribution in [3.8, 4) is 6.07 Å². The van der Waals surface area contributed by atoms with Crippen LogP contribution >= 0.6 is 0 Å². The van der Waals surface area contributed by atoms with Crippen molar-refractivity contribution in [1.29, 1.82) is 5.26 Å². The molecule has 0 unspecified atom stereocenters. The molecule has 3 heterocycles. The number of fused-ring (bicyclic) bond motifs is 3. The molecular weight excluding hydrogens is 517 g/mol. The van der Waals surface area contributed by atoms with Gasteiger partial charge < -0.3 is 20.9 Å². The van der Waals surface area contributed by atoms with Crippen molar-refractivity contribution in [1.82, 2.24) is 20.9 Å². The second-order valence-corrected chi connectivity index (χ2v) is 10.8. The molecule has 0 aromatic rings. The lowest BCUT2D eigenvalue weighted by Gasteiger charge is -2.54. The first-order chi connectivity index (χ1) is 17.8. The highest BCUT2D eigenvalue weighted by Gasteiger charge is 2.61. The predicted molar refractivity (Wildman–Crippen MR) is 120 cm³/mol. The number of nitriles is 1. The smallest absolute Gasteiger partial charge is 0.356 e. The number of carbonyl (C=O) groups excluding carboxylic acids is 4. The topological polar surface area (TPSA) is 131 Å². The SMILES string of the molecule is N#C[C@@H](C[C@H]1CCNC1=O)NC(=O)[C@H]1[C@H]2CC[C@H](CC2(F)F)N1C(=O)[C@@H](CC1CCC1)NC(=O)C(F)(F)F. The molecule has 3 N–H and O–H groups in total. The van der Waals surface area contributed by atoms with Crippen LogP contribution < -0.4 is 16.0 Å². The normalized spacial score (nSPS) is 30.0. The first-order valence-electron chi connectivity index (χ1n) is 12.9. The van der Waals surface area contributed by atoms with E-state index < -0.39 is 72.2 Å². The number of halogens is 5. The zero-order valence-electron chi connectivity index (χ0n) is 20.5. The Labute approximate surface area is 215 Å². The lowest BCUT2D eigenvalue weighted by molar-refractivity contribution is -0.196. The predicted octanol–water partition coefficient (Wildman–Crippen LogP) is 1.77. The van der Waals surface area contributed by atoms with E-state index in [1.54, 1.807) is 5.32 Å². The minimum Gasteiger partial charge on any atom is -0.356 e. The van der Waals surface area contributed by atoms with Crippen LogP contribution in [0.15, 0.2) is 0 Å². The summed E-state index contributed by atoms with van der Waals surface area (Å²) in [5.74, 6) is -10.2. The Morgan fingerprint density at radius 1 is 1.11 bits per heavy atom. The van der Waals surface area contributed by atoms with Crippen LogP contribution in [-0.2, 0) is 19.2 Å². The molecule has 9 nitrogen and oxygen atoms in total. The van der Waals surface area contributed by atoms with Gasteiger partial charge in [0.2, 0.25) is 17.7 Å². The fourth-order valence-electron chi connectivity index (χ4n) is 6.08. The zero-order valence-corrected chi connectivity index (χ0v) is 20.5. The molecule has 6 atom stereocenters. The van der Waals surface area contributed by atoms with E-state index in [0.29, 0.717) is 25.8 Å².